The molecular formula is C12H16N2OS. The summed E-state index contributed by atoms with van der Waals surface area (Å²) in [5.74, 6) is 0.893. The molecule has 0 amide bonds. The third kappa shape index (κ3) is 2.51. The Morgan fingerprint density at radius 3 is 3.06 bits per heavy atom. The van der Waals surface area contributed by atoms with Crippen LogP contribution in [0.3, 0.4) is 0 Å². The molecule has 0 aliphatic rings. The number of hydrogen-bond donors (Lipinski definition) is 1. The van der Waals surface area contributed by atoms with E-state index in [1.165, 1.54) is 4.70 Å². The molecule has 4 heteroatoms. The molecule has 1 N–H and O–H groups in total. The summed E-state index contributed by atoms with van der Waals surface area (Å²) in [6.07, 6.45) is 1.15. The molecule has 0 unspecified atom stereocenters. The molecule has 0 aliphatic heterocycles. The predicted molar refractivity (Wildman–Crippen MR) is 68.2 cm³/mol. The van der Waals surface area contributed by atoms with Crippen molar-refractivity contribution in [3.63, 3.8) is 0 Å². The van der Waals surface area contributed by atoms with Gasteiger partial charge in [0, 0.05) is 6.54 Å². The molecule has 0 saturated heterocycles. The third-order valence-corrected chi connectivity index (χ3v) is 3.36. The fourth-order valence-electron chi connectivity index (χ4n) is 1.53. The van der Waals surface area contributed by atoms with Crippen molar-refractivity contribution < 1.29 is 4.74 Å². The number of thiazole rings is 1. The van der Waals surface area contributed by atoms with Gasteiger partial charge in [0.2, 0.25) is 0 Å². The maximum atomic E-state index is 5.19. The van der Waals surface area contributed by atoms with Crippen LogP contribution in [0.15, 0.2) is 18.2 Å². The lowest BCUT2D eigenvalue weighted by Gasteiger charge is -1.96. The van der Waals surface area contributed by atoms with Gasteiger partial charge in [0.15, 0.2) is 0 Å². The summed E-state index contributed by atoms with van der Waals surface area (Å²) in [5, 5.41) is 4.49. The van der Waals surface area contributed by atoms with Gasteiger partial charge in [-0.15, -0.1) is 11.3 Å². The summed E-state index contributed by atoms with van der Waals surface area (Å²) >= 11 is 1.72. The van der Waals surface area contributed by atoms with Crippen LogP contribution in [-0.4, -0.2) is 18.6 Å². The molecule has 0 fully saturated rings. The second-order valence-electron chi connectivity index (χ2n) is 3.62. The van der Waals surface area contributed by atoms with Crippen molar-refractivity contribution in [2.24, 2.45) is 0 Å². The number of nitrogens with one attached hydrogen (secondary N) is 1. The van der Waals surface area contributed by atoms with Gasteiger partial charge < -0.3 is 10.1 Å². The fraction of sp³-hybridized carbons (Fsp3) is 0.417. The van der Waals surface area contributed by atoms with E-state index in [1.807, 2.05) is 18.2 Å². The summed E-state index contributed by atoms with van der Waals surface area (Å²) in [7, 11) is 1.69. The Balaban J connectivity index is 2.16. The van der Waals surface area contributed by atoms with Crippen LogP contribution in [0.25, 0.3) is 10.2 Å². The number of ether oxygens (including phenoxy) is 1. The van der Waals surface area contributed by atoms with E-state index >= 15 is 0 Å². The van der Waals surface area contributed by atoms with E-state index < -0.39 is 0 Å². The highest BCUT2D eigenvalue weighted by Crippen LogP contribution is 2.26. The molecular weight excluding hydrogens is 220 g/mol. The minimum Gasteiger partial charge on any atom is -0.497 e. The average molecular weight is 236 g/mol. The van der Waals surface area contributed by atoms with Crippen molar-refractivity contribution in [3.8, 4) is 5.75 Å². The topological polar surface area (TPSA) is 34.2 Å². The van der Waals surface area contributed by atoms with Crippen LogP contribution in [0, 0.1) is 0 Å². The van der Waals surface area contributed by atoms with Crippen molar-refractivity contribution in [1.29, 1.82) is 0 Å². The smallest absolute Gasteiger partial charge is 0.120 e. The molecule has 16 heavy (non-hydrogen) atoms. The van der Waals surface area contributed by atoms with Gasteiger partial charge in [-0.25, -0.2) is 4.98 Å². The molecule has 0 bridgehead atoms. The lowest BCUT2D eigenvalue weighted by Crippen LogP contribution is -2.13. The molecule has 1 aromatic heterocycles. The number of hydrogen-bond acceptors (Lipinski definition) is 4. The Bertz CT molecular complexity index is 467. The van der Waals surface area contributed by atoms with Crippen molar-refractivity contribution in [2.45, 2.75) is 19.9 Å². The van der Waals surface area contributed by atoms with Gasteiger partial charge in [0.1, 0.15) is 10.8 Å². The first kappa shape index (κ1) is 11.4. The molecule has 0 radical (unpaired) electrons. The van der Waals surface area contributed by atoms with E-state index in [0.29, 0.717) is 0 Å². The predicted octanol–water partition coefficient (Wildman–Crippen LogP) is 2.80. The molecule has 2 aromatic rings. The standard InChI is InChI=1S/C12H16N2OS/c1-3-6-13-8-12-14-10-5-4-9(15-2)7-11(10)16-12/h4-5,7,13H,3,6,8H2,1-2H3. The van der Waals surface area contributed by atoms with E-state index in [0.717, 1.165) is 35.8 Å². The zero-order valence-electron chi connectivity index (χ0n) is 9.62. The molecule has 86 valence electrons. The van der Waals surface area contributed by atoms with E-state index in [9.17, 15) is 0 Å². The molecule has 0 atom stereocenters. The summed E-state index contributed by atoms with van der Waals surface area (Å²) in [6.45, 7) is 4.06. The van der Waals surface area contributed by atoms with Crippen molar-refractivity contribution >= 4 is 21.6 Å². The van der Waals surface area contributed by atoms with Gasteiger partial charge in [-0.1, -0.05) is 6.92 Å². The van der Waals surface area contributed by atoms with Crippen LogP contribution in [0.1, 0.15) is 18.4 Å². The number of benzene rings is 1. The van der Waals surface area contributed by atoms with Gasteiger partial charge in [0.25, 0.3) is 0 Å². The Morgan fingerprint density at radius 1 is 1.44 bits per heavy atom. The lowest BCUT2D eigenvalue weighted by molar-refractivity contribution is 0.415. The SMILES string of the molecule is CCCNCc1nc2ccc(OC)cc2s1. The monoisotopic (exact) mass is 236 g/mol. The van der Waals surface area contributed by atoms with Crippen LogP contribution in [0.2, 0.25) is 0 Å². The maximum Gasteiger partial charge on any atom is 0.120 e. The van der Waals surface area contributed by atoms with Gasteiger partial charge >= 0.3 is 0 Å². The molecule has 0 spiro atoms. The first-order chi connectivity index (χ1) is 7.83. The van der Waals surface area contributed by atoms with Crippen LogP contribution >= 0.6 is 11.3 Å². The normalized spacial score (nSPS) is 10.9. The number of rotatable bonds is 5. The molecule has 1 aromatic carbocycles. The van der Waals surface area contributed by atoms with E-state index in [4.69, 9.17) is 4.74 Å². The summed E-state index contributed by atoms with van der Waals surface area (Å²) < 4.78 is 6.38. The first-order valence-electron chi connectivity index (χ1n) is 5.47. The number of aromatic nitrogens is 1. The largest absolute Gasteiger partial charge is 0.497 e. The summed E-state index contributed by atoms with van der Waals surface area (Å²) in [5.41, 5.74) is 1.05. The maximum absolute atomic E-state index is 5.19. The summed E-state index contributed by atoms with van der Waals surface area (Å²) in [4.78, 5) is 4.56. The fourth-order valence-corrected chi connectivity index (χ4v) is 2.49. The minimum atomic E-state index is 0.857. The molecule has 1 heterocycles. The number of methoxy groups -OCH3 is 1. The second kappa shape index (κ2) is 5.27. The Labute approximate surface area is 99.5 Å². The van der Waals surface area contributed by atoms with Gasteiger partial charge in [-0.2, -0.15) is 0 Å². The van der Waals surface area contributed by atoms with Crippen molar-refractivity contribution in [3.05, 3.63) is 23.2 Å². The van der Waals surface area contributed by atoms with E-state index in [1.54, 1.807) is 18.4 Å². The quantitative estimate of drug-likeness (QED) is 0.811. The Hall–Kier alpha value is -1.13. The van der Waals surface area contributed by atoms with Gasteiger partial charge in [-0.3, -0.25) is 0 Å². The zero-order chi connectivity index (χ0) is 11.4. The molecule has 3 nitrogen and oxygen atoms in total. The number of fused-ring (bicyclic) bond motifs is 1. The van der Waals surface area contributed by atoms with E-state index in [2.05, 4.69) is 17.2 Å². The Morgan fingerprint density at radius 2 is 2.31 bits per heavy atom. The average Bonchev–Trinajstić information content (AvgIpc) is 2.70. The number of nitrogens with zero attached hydrogens (tertiary/aromatic N) is 1. The third-order valence-electron chi connectivity index (χ3n) is 2.34. The van der Waals surface area contributed by atoms with Crippen LogP contribution in [-0.2, 0) is 6.54 Å². The van der Waals surface area contributed by atoms with E-state index in [-0.39, 0.29) is 0 Å². The summed E-state index contributed by atoms with van der Waals surface area (Å²) in [6, 6.07) is 6.00. The highest BCUT2D eigenvalue weighted by atomic mass is 32.1. The lowest BCUT2D eigenvalue weighted by atomic mass is 10.3. The molecule has 0 aliphatic carbocycles. The van der Waals surface area contributed by atoms with Crippen LogP contribution in [0.5, 0.6) is 5.75 Å². The first-order valence-corrected chi connectivity index (χ1v) is 6.29. The highest BCUT2D eigenvalue weighted by Gasteiger charge is 2.04. The highest BCUT2D eigenvalue weighted by molar-refractivity contribution is 7.18. The van der Waals surface area contributed by atoms with Gasteiger partial charge in [-0.05, 0) is 31.2 Å². The van der Waals surface area contributed by atoms with Gasteiger partial charge in [0.05, 0.1) is 17.3 Å². The zero-order valence-corrected chi connectivity index (χ0v) is 10.4. The Kier molecular flexibility index (Phi) is 3.74. The molecule has 2 rings (SSSR count). The second-order valence-corrected chi connectivity index (χ2v) is 4.73. The van der Waals surface area contributed by atoms with Crippen LogP contribution in [0.4, 0.5) is 0 Å². The minimum absolute atomic E-state index is 0.857. The van der Waals surface area contributed by atoms with Crippen molar-refractivity contribution in [2.75, 3.05) is 13.7 Å². The van der Waals surface area contributed by atoms with Crippen LogP contribution < -0.4 is 10.1 Å². The molecule has 0 saturated carbocycles. The van der Waals surface area contributed by atoms with Crippen molar-refractivity contribution in [1.82, 2.24) is 10.3 Å².